The molecule has 3 atom stereocenters. The summed E-state index contributed by atoms with van der Waals surface area (Å²) in [4.78, 5) is 21.5. The minimum absolute atomic E-state index is 0.0497. The number of aliphatic hydroxyl groups is 1. The highest BCUT2D eigenvalue weighted by molar-refractivity contribution is 7.92. The quantitative estimate of drug-likeness (QED) is 0.273. The number of benzene rings is 3. The van der Waals surface area contributed by atoms with Crippen LogP contribution in [0.1, 0.15) is 29.8 Å². The second-order valence-corrected chi connectivity index (χ2v) is 13.2. The molecule has 232 valence electrons. The molecule has 0 bridgehead atoms. The van der Waals surface area contributed by atoms with E-state index in [1.807, 2.05) is 32.2 Å². The Morgan fingerprint density at radius 1 is 1.09 bits per heavy atom. The van der Waals surface area contributed by atoms with Crippen molar-refractivity contribution in [1.29, 1.82) is 0 Å². The van der Waals surface area contributed by atoms with E-state index in [0.717, 1.165) is 5.56 Å². The number of hydrogen-bond donors (Lipinski definition) is 2. The van der Waals surface area contributed by atoms with E-state index < -0.39 is 16.1 Å². The van der Waals surface area contributed by atoms with Gasteiger partial charge in [-0.15, -0.1) is 0 Å². The number of nitrogens with one attached hydrogen (secondary N) is 1. The number of sulfonamides is 1. The minimum Gasteiger partial charge on any atom is -0.488 e. The smallest absolute Gasteiger partial charge is 0.280 e. The van der Waals surface area contributed by atoms with Crippen LogP contribution in [0.4, 0.5) is 5.69 Å². The molecule has 2 heterocycles. The zero-order valence-corrected chi connectivity index (χ0v) is 26.2. The molecule has 0 spiro atoms. The third-order valence-electron chi connectivity index (χ3n) is 7.88. The van der Waals surface area contributed by atoms with Crippen LogP contribution in [0.15, 0.2) is 90.3 Å². The van der Waals surface area contributed by atoms with Crippen LogP contribution in [-0.2, 0) is 23.6 Å². The number of carbonyl (C=O) groups is 1. The topological polar surface area (TPSA) is 117 Å². The van der Waals surface area contributed by atoms with Gasteiger partial charge in [-0.25, -0.2) is 4.98 Å². The Balaban J connectivity index is 1.36. The van der Waals surface area contributed by atoms with Crippen LogP contribution in [0.2, 0.25) is 0 Å². The van der Waals surface area contributed by atoms with Gasteiger partial charge in [0, 0.05) is 44.5 Å². The molecule has 0 aliphatic carbocycles. The fraction of sp³-hybridized carbons (Fsp3) is 0.333. The Morgan fingerprint density at radius 3 is 2.45 bits per heavy atom. The summed E-state index contributed by atoms with van der Waals surface area (Å²) < 4.78 is 36.4. The summed E-state index contributed by atoms with van der Waals surface area (Å²) in [5.74, 6) is -0.0213. The summed E-state index contributed by atoms with van der Waals surface area (Å²) in [7, 11) is -0.247. The lowest BCUT2D eigenvalue weighted by molar-refractivity contribution is 0.0341. The Morgan fingerprint density at radius 2 is 1.80 bits per heavy atom. The molecule has 0 unspecified atom stereocenters. The minimum atomic E-state index is -3.97. The molecule has 0 radical (unpaired) electrons. The van der Waals surface area contributed by atoms with Crippen molar-refractivity contribution < 1.29 is 23.1 Å². The lowest BCUT2D eigenvalue weighted by Gasteiger charge is -2.38. The predicted octanol–water partition coefficient (Wildman–Crippen LogP) is 4.24. The number of aryl methyl sites for hydroxylation is 1. The van der Waals surface area contributed by atoms with Crippen LogP contribution in [0.25, 0.3) is 11.1 Å². The van der Waals surface area contributed by atoms with Crippen LogP contribution in [0.5, 0.6) is 5.75 Å². The van der Waals surface area contributed by atoms with Gasteiger partial charge in [-0.2, -0.15) is 8.42 Å². The third-order valence-corrected chi connectivity index (χ3v) is 9.14. The molecule has 0 saturated heterocycles. The first kappa shape index (κ1) is 31.2. The van der Waals surface area contributed by atoms with Crippen molar-refractivity contribution in [2.24, 2.45) is 13.0 Å². The molecule has 0 saturated carbocycles. The zero-order chi connectivity index (χ0) is 31.4. The van der Waals surface area contributed by atoms with E-state index in [4.69, 9.17) is 4.74 Å². The number of carbonyl (C=O) groups excluding carboxylic acids is 1. The molecule has 10 nitrogen and oxygen atoms in total. The third kappa shape index (κ3) is 7.12. The Hall–Kier alpha value is -4.19. The van der Waals surface area contributed by atoms with Gasteiger partial charge in [0.2, 0.25) is 0 Å². The van der Waals surface area contributed by atoms with Crippen LogP contribution < -0.4 is 9.46 Å². The van der Waals surface area contributed by atoms with Crippen LogP contribution >= 0.6 is 0 Å². The normalized spacial score (nSPS) is 17.9. The average Bonchev–Trinajstić information content (AvgIpc) is 3.47. The predicted molar refractivity (Wildman–Crippen MR) is 170 cm³/mol. The van der Waals surface area contributed by atoms with E-state index in [0.29, 0.717) is 25.4 Å². The van der Waals surface area contributed by atoms with Crippen LogP contribution in [-0.4, -0.2) is 77.7 Å². The molecule has 44 heavy (non-hydrogen) atoms. The number of fused-ring (bicyclic) bond motifs is 1. The van der Waals surface area contributed by atoms with Crippen LogP contribution in [0.3, 0.4) is 0 Å². The fourth-order valence-electron chi connectivity index (χ4n) is 5.36. The van der Waals surface area contributed by atoms with Gasteiger partial charge in [0.1, 0.15) is 11.9 Å². The Labute approximate surface area is 259 Å². The van der Waals surface area contributed by atoms with Crippen molar-refractivity contribution in [2.45, 2.75) is 37.6 Å². The SMILES string of the molecule is C[C@H](CO)N1C[C@H](C)[C@@H](CN(C)Cc2ccc(-c3ccccc3)cc2)Oc2ccc(NS(=O)(=O)c3cn(C)cn3)cc2C1=O. The number of imidazole rings is 1. The van der Waals surface area contributed by atoms with E-state index in [9.17, 15) is 18.3 Å². The molecular weight excluding hydrogens is 578 g/mol. The molecule has 1 aromatic heterocycles. The molecule has 4 aromatic rings. The molecule has 1 amide bonds. The van der Waals surface area contributed by atoms with Crippen molar-refractivity contribution in [3.8, 4) is 16.9 Å². The fourth-order valence-corrected chi connectivity index (χ4v) is 6.39. The maximum atomic E-state index is 13.8. The molecule has 11 heteroatoms. The van der Waals surface area contributed by atoms with Gasteiger partial charge in [0.25, 0.3) is 15.9 Å². The summed E-state index contributed by atoms with van der Waals surface area (Å²) in [6, 6.07) is 23.0. The number of ether oxygens (including phenoxy) is 1. The molecule has 2 N–H and O–H groups in total. The molecule has 1 aliphatic heterocycles. The maximum Gasteiger partial charge on any atom is 0.280 e. The number of hydrogen-bond acceptors (Lipinski definition) is 7. The van der Waals surface area contributed by atoms with Gasteiger partial charge in [0.05, 0.1) is 24.5 Å². The van der Waals surface area contributed by atoms with E-state index in [1.54, 1.807) is 35.6 Å². The first-order valence-corrected chi connectivity index (χ1v) is 16.1. The first-order chi connectivity index (χ1) is 21.0. The standard InChI is InChI=1S/C33H39N5O5S/c1-23-17-38(24(2)21-39)33(40)29-16-28(35-44(41,42)32-20-37(4)22-34-32)14-15-30(29)43-31(23)19-36(3)18-25-10-12-27(13-11-25)26-8-6-5-7-9-26/h5-16,20,22-24,31,35,39H,17-19,21H2,1-4H3/t23-,24+,31+/m0/s1. The number of amides is 1. The lowest BCUT2D eigenvalue weighted by atomic mass is 9.99. The molecule has 1 aliphatic rings. The molecule has 0 fully saturated rings. The monoisotopic (exact) mass is 617 g/mol. The number of nitrogens with zero attached hydrogens (tertiary/aromatic N) is 4. The zero-order valence-electron chi connectivity index (χ0n) is 25.4. The highest BCUT2D eigenvalue weighted by atomic mass is 32.2. The molecule has 5 rings (SSSR count). The summed E-state index contributed by atoms with van der Waals surface area (Å²) in [6.45, 7) is 5.29. The lowest BCUT2D eigenvalue weighted by Crippen LogP contribution is -2.49. The Kier molecular flexibility index (Phi) is 9.38. The first-order valence-electron chi connectivity index (χ1n) is 14.6. The largest absolute Gasteiger partial charge is 0.488 e. The number of likely N-dealkylation sites (N-methyl/N-ethyl adjacent to an activating group) is 1. The number of rotatable bonds is 10. The summed E-state index contributed by atoms with van der Waals surface area (Å²) in [5.41, 5.74) is 3.94. The van der Waals surface area contributed by atoms with E-state index in [-0.39, 0.29) is 40.8 Å². The second-order valence-electron chi connectivity index (χ2n) is 11.6. The van der Waals surface area contributed by atoms with Crippen molar-refractivity contribution in [1.82, 2.24) is 19.4 Å². The van der Waals surface area contributed by atoms with Crippen molar-refractivity contribution in [2.75, 3.05) is 31.5 Å². The van der Waals surface area contributed by atoms with Gasteiger partial charge in [0.15, 0.2) is 5.03 Å². The van der Waals surface area contributed by atoms with Gasteiger partial charge < -0.3 is 19.3 Å². The van der Waals surface area contributed by atoms with Crippen molar-refractivity contribution in [3.63, 3.8) is 0 Å². The van der Waals surface area contributed by atoms with Gasteiger partial charge in [-0.05, 0) is 48.9 Å². The average molecular weight is 618 g/mol. The number of aromatic nitrogens is 2. The second kappa shape index (κ2) is 13.2. The highest BCUT2D eigenvalue weighted by Gasteiger charge is 2.34. The van der Waals surface area contributed by atoms with Gasteiger partial charge >= 0.3 is 0 Å². The molecule has 3 aromatic carbocycles. The molecular formula is C33H39N5O5S. The van der Waals surface area contributed by atoms with E-state index in [2.05, 4.69) is 51.0 Å². The van der Waals surface area contributed by atoms with Gasteiger partial charge in [-0.3, -0.25) is 14.4 Å². The maximum absolute atomic E-state index is 13.8. The number of anilines is 1. The summed E-state index contributed by atoms with van der Waals surface area (Å²) in [6.07, 6.45) is 2.52. The van der Waals surface area contributed by atoms with Gasteiger partial charge in [-0.1, -0.05) is 61.5 Å². The summed E-state index contributed by atoms with van der Waals surface area (Å²) in [5, 5.41) is 9.84. The Bertz CT molecular complexity index is 1690. The van der Waals surface area contributed by atoms with Crippen molar-refractivity contribution >= 4 is 21.6 Å². The van der Waals surface area contributed by atoms with Crippen molar-refractivity contribution in [3.05, 3.63) is 96.4 Å². The van der Waals surface area contributed by atoms with Crippen LogP contribution in [0, 0.1) is 5.92 Å². The van der Waals surface area contributed by atoms with E-state index in [1.165, 1.54) is 29.7 Å². The van der Waals surface area contributed by atoms with E-state index >= 15 is 0 Å². The highest BCUT2D eigenvalue weighted by Crippen LogP contribution is 2.31. The number of aliphatic hydroxyl groups excluding tert-OH is 1. The summed E-state index contributed by atoms with van der Waals surface area (Å²) >= 11 is 0.